The zero-order valence-electron chi connectivity index (χ0n) is 10.3. The predicted octanol–water partition coefficient (Wildman–Crippen LogP) is 4.38. The predicted molar refractivity (Wildman–Crippen MR) is 75.2 cm³/mol. The monoisotopic (exact) mass is 297 g/mol. The molecule has 0 bridgehead atoms. The molecule has 0 aliphatic heterocycles. The quantitative estimate of drug-likeness (QED) is 0.840. The van der Waals surface area contributed by atoms with Gasteiger partial charge in [0.1, 0.15) is 5.75 Å². The summed E-state index contributed by atoms with van der Waals surface area (Å²) in [6, 6.07) is 5.82. The lowest BCUT2D eigenvalue weighted by atomic mass is 9.86. The van der Waals surface area contributed by atoms with Crippen LogP contribution in [0, 0.1) is 5.92 Å². The fourth-order valence-corrected chi connectivity index (χ4v) is 2.84. The third kappa shape index (κ3) is 3.38. The van der Waals surface area contributed by atoms with Crippen LogP contribution in [0.15, 0.2) is 22.7 Å². The molecule has 1 saturated carbocycles. The van der Waals surface area contributed by atoms with Crippen LogP contribution in [0.2, 0.25) is 0 Å². The van der Waals surface area contributed by atoms with Crippen molar-refractivity contribution in [2.45, 2.75) is 45.1 Å². The second kappa shape index (κ2) is 5.76. The molecule has 0 radical (unpaired) electrons. The highest BCUT2D eigenvalue weighted by molar-refractivity contribution is 9.10. The Hall–Kier alpha value is -0.700. The van der Waals surface area contributed by atoms with Crippen LogP contribution in [0.5, 0.6) is 5.75 Å². The van der Waals surface area contributed by atoms with Gasteiger partial charge in [0.25, 0.3) is 0 Å². The summed E-state index contributed by atoms with van der Waals surface area (Å²) in [5, 5.41) is 0. The minimum Gasteiger partial charge on any atom is -0.488 e. The number of anilines is 1. The number of nitrogens with two attached hydrogens (primary N) is 1. The molecular formula is C14H20BrNO. The van der Waals surface area contributed by atoms with Crippen molar-refractivity contribution in [1.82, 2.24) is 0 Å². The Balaban J connectivity index is 1.93. The van der Waals surface area contributed by atoms with E-state index in [1.807, 2.05) is 18.2 Å². The summed E-state index contributed by atoms with van der Waals surface area (Å²) in [7, 11) is 0. The maximum absolute atomic E-state index is 5.99. The Morgan fingerprint density at radius 1 is 1.29 bits per heavy atom. The zero-order chi connectivity index (χ0) is 12.3. The molecule has 0 spiro atoms. The van der Waals surface area contributed by atoms with Gasteiger partial charge in [0, 0.05) is 4.47 Å². The van der Waals surface area contributed by atoms with Gasteiger partial charge in [-0.1, -0.05) is 29.3 Å². The highest BCUT2D eigenvalue weighted by Crippen LogP contribution is 2.32. The van der Waals surface area contributed by atoms with Gasteiger partial charge in [-0.05, 0) is 49.8 Å². The highest BCUT2D eigenvalue weighted by Gasteiger charge is 2.21. The van der Waals surface area contributed by atoms with Crippen LogP contribution >= 0.6 is 15.9 Å². The van der Waals surface area contributed by atoms with Crippen molar-refractivity contribution >= 4 is 21.6 Å². The molecular weight excluding hydrogens is 278 g/mol. The Labute approximate surface area is 112 Å². The number of benzene rings is 1. The smallest absolute Gasteiger partial charge is 0.142 e. The SMILES string of the molecule is CCC1CCC(Oc2ccc(Br)cc2N)CC1. The fraction of sp³-hybridized carbons (Fsp3) is 0.571. The van der Waals surface area contributed by atoms with Gasteiger partial charge in [-0.3, -0.25) is 0 Å². The maximum atomic E-state index is 5.99. The number of hydrogen-bond acceptors (Lipinski definition) is 2. The van der Waals surface area contributed by atoms with Crippen molar-refractivity contribution in [2.24, 2.45) is 5.92 Å². The van der Waals surface area contributed by atoms with E-state index in [0.717, 1.165) is 34.7 Å². The van der Waals surface area contributed by atoms with E-state index >= 15 is 0 Å². The van der Waals surface area contributed by atoms with Gasteiger partial charge in [0.05, 0.1) is 11.8 Å². The van der Waals surface area contributed by atoms with E-state index in [0.29, 0.717) is 6.10 Å². The molecule has 0 amide bonds. The van der Waals surface area contributed by atoms with Crippen LogP contribution in [0.25, 0.3) is 0 Å². The molecule has 3 heteroatoms. The summed E-state index contributed by atoms with van der Waals surface area (Å²) in [4.78, 5) is 0. The van der Waals surface area contributed by atoms with Crippen molar-refractivity contribution < 1.29 is 4.74 Å². The zero-order valence-corrected chi connectivity index (χ0v) is 11.9. The molecule has 2 nitrogen and oxygen atoms in total. The van der Waals surface area contributed by atoms with E-state index in [1.54, 1.807) is 0 Å². The van der Waals surface area contributed by atoms with Crippen LogP contribution in [0.4, 0.5) is 5.69 Å². The first-order valence-corrected chi connectivity index (χ1v) is 7.20. The molecule has 0 aromatic heterocycles. The summed E-state index contributed by atoms with van der Waals surface area (Å²) < 4.78 is 6.99. The van der Waals surface area contributed by atoms with E-state index in [1.165, 1.54) is 19.3 Å². The lowest BCUT2D eigenvalue weighted by Crippen LogP contribution is -2.24. The van der Waals surface area contributed by atoms with Crippen LogP contribution in [0.3, 0.4) is 0 Å². The van der Waals surface area contributed by atoms with Gasteiger partial charge >= 0.3 is 0 Å². The van der Waals surface area contributed by atoms with Crippen molar-refractivity contribution in [2.75, 3.05) is 5.73 Å². The van der Waals surface area contributed by atoms with Crippen molar-refractivity contribution in [3.05, 3.63) is 22.7 Å². The second-order valence-corrected chi connectivity index (χ2v) is 5.77. The largest absolute Gasteiger partial charge is 0.488 e. The summed E-state index contributed by atoms with van der Waals surface area (Å²) in [5.41, 5.74) is 6.66. The molecule has 1 aliphatic carbocycles. The van der Waals surface area contributed by atoms with Gasteiger partial charge in [-0.2, -0.15) is 0 Å². The Morgan fingerprint density at radius 2 is 2.00 bits per heavy atom. The second-order valence-electron chi connectivity index (χ2n) is 4.85. The van der Waals surface area contributed by atoms with E-state index in [4.69, 9.17) is 10.5 Å². The van der Waals surface area contributed by atoms with Crippen LogP contribution < -0.4 is 10.5 Å². The van der Waals surface area contributed by atoms with Crippen LogP contribution in [0.1, 0.15) is 39.0 Å². The molecule has 17 heavy (non-hydrogen) atoms. The third-order valence-corrected chi connectivity index (χ3v) is 4.13. The average molecular weight is 298 g/mol. The van der Waals surface area contributed by atoms with E-state index < -0.39 is 0 Å². The van der Waals surface area contributed by atoms with Crippen molar-refractivity contribution in [3.8, 4) is 5.75 Å². The van der Waals surface area contributed by atoms with E-state index in [-0.39, 0.29) is 0 Å². The molecule has 1 fully saturated rings. The van der Waals surface area contributed by atoms with E-state index in [2.05, 4.69) is 22.9 Å². The van der Waals surface area contributed by atoms with Gasteiger partial charge in [0.15, 0.2) is 0 Å². The Morgan fingerprint density at radius 3 is 2.59 bits per heavy atom. The lowest BCUT2D eigenvalue weighted by Gasteiger charge is -2.28. The van der Waals surface area contributed by atoms with Crippen LogP contribution in [-0.4, -0.2) is 6.10 Å². The summed E-state index contributed by atoms with van der Waals surface area (Å²) in [6.45, 7) is 2.28. The summed E-state index contributed by atoms with van der Waals surface area (Å²) >= 11 is 3.40. The lowest BCUT2D eigenvalue weighted by molar-refractivity contribution is 0.131. The van der Waals surface area contributed by atoms with Gasteiger partial charge in [-0.25, -0.2) is 0 Å². The molecule has 1 aromatic carbocycles. The Bertz CT molecular complexity index is 372. The molecule has 94 valence electrons. The standard InChI is InChI=1S/C14H20BrNO/c1-2-10-3-6-12(7-4-10)17-14-8-5-11(15)9-13(14)16/h5,8-10,12H,2-4,6-7,16H2,1H3. The molecule has 2 N–H and O–H groups in total. The number of halogens is 1. The summed E-state index contributed by atoms with van der Waals surface area (Å²) in [5.74, 6) is 1.73. The molecule has 0 unspecified atom stereocenters. The molecule has 1 aromatic rings. The molecule has 2 rings (SSSR count). The van der Waals surface area contributed by atoms with Gasteiger partial charge in [0.2, 0.25) is 0 Å². The molecule has 0 atom stereocenters. The van der Waals surface area contributed by atoms with Gasteiger partial charge in [-0.15, -0.1) is 0 Å². The van der Waals surface area contributed by atoms with E-state index in [9.17, 15) is 0 Å². The average Bonchev–Trinajstić information content (AvgIpc) is 2.34. The maximum Gasteiger partial charge on any atom is 0.142 e. The first-order valence-electron chi connectivity index (χ1n) is 6.40. The first-order chi connectivity index (χ1) is 8.19. The van der Waals surface area contributed by atoms with Crippen molar-refractivity contribution in [3.63, 3.8) is 0 Å². The number of rotatable bonds is 3. The summed E-state index contributed by atoms with van der Waals surface area (Å²) in [6.07, 6.45) is 6.55. The Kier molecular flexibility index (Phi) is 4.32. The minimum absolute atomic E-state index is 0.348. The van der Waals surface area contributed by atoms with Crippen LogP contribution in [-0.2, 0) is 0 Å². The third-order valence-electron chi connectivity index (χ3n) is 3.64. The fourth-order valence-electron chi connectivity index (χ4n) is 2.46. The number of ether oxygens (including phenoxy) is 1. The normalized spacial score (nSPS) is 24.6. The van der Waals surface area contributed by atoms with Gasteiger partial charge < -0.3 is 10.5 Å². The first kappa shape index (κ1) is 12.7. The topological polar surface area (TPSA) is 35.2 Å². The molecule has 1 aliphatic rings. The number of hydrogen-bond donors (Lipinski definition) is 1. The minimum atomic E-state index is 0.348. The molecule has 0 saturated heterocycles. The highest BCUT2D eigenvalue weighted by atomic mass is 79.9. The number of nitrogen functional groups attached to an aromatic ring is 1. The van der Waals surface area contributed by atoms with Crippen molar-refractivity contribution in [1.29, 1.82) is 0 Å². The molecule has 0 heterocycles.